The number of thiocarbonyl (C=S) groups is 1. The van der Waals surface area contributed by atoms with Gasteiger partial charge in [0.15, 0.2) is 5.11 Å². The molecule has 1 saturated heterocycles. The molecule has 0 unspecified atom stereocenters. The summed E-state index contributed by atoms with van der Waals surface area (Å²) in [6.45, 7) is 2.06. The highest BCUT2D eigenvalue weighted by atomic mass is 32.1. The highest BCUT2D eigenvalue weighted by Gasteiger charge is 2.41. The van der Waals surface area contributed by atoms with Crippen LogP contribution < -0.4 is 10.2 Å². The van der Waals surface area contributed by atoms with Crippen molar-refractivity contribution in [3.8, 4) is 0 Å². The Morgan fingerprint density at radius 2 is 1.79 bits per heavy atom. The van der Waals surface area contributed by atoms with Gasteiger partial charge in [-0.05, 0) is 55.5 Å². The van der Waals surface area contributed by atoms with Crippen LogP contribution in [0.1, 0.15) is 29.2 Å². The Morgan fingerprint density at radius 1 is 1.00 bits per heavy atom. The van der Waals surface area contributed by atoms with E-state index < -0.39 is 0 Å². The molecule has 1 aliphatic rings. The van der Waals surface area contributed by atoms with Gasteiger partial charge in [-0.1, -0.05) is 24.3 Å². The van der Waals surface area contributed by atoms with E-state index in [0.717, 1.165) is 22.8 Å². The van der Waals surface area contributed by atoms with E-state index in [2.05, 4.69) is 51.4 Å². The number of aromatic amines is 1. The molecule has 2 aromatic heterocycles. The molecule has 3 heterocycles. The maximum atomic E-state index is 5.66. The fourth-order valence-electron chi connectivity index (χ4n) is 3.24. The quantitative estimate of drug-likeness (QED) is 0.713. The molecule has 5 heteroatoms. The van der Waals surface area contributed by atoms with Crippen LogP contribution in [-0.4, -0.2) is 15.1 Å². The maximum Gasteiger partial charge on any atom is 0.174 e. The predicted molar refractivity (Wildman–Crippen MR) is 99.9 cm³/mol. The fraction of sp³-hybridized carbons (Fsp3) is 0.158. The standard InChI is InChI=1S/C19H18N4S/c1-13-10-11-16(21-13)18-17(15-9-5-6-12-20-15)22-19(24)23(18)14-7-3-2-4-8-14/h2-12,17-18,21H,1H3,(H,22,24)/t17-,18-/m0/s1. The van der Waals surface area contributed by atoms with Gasteiger partial charge in [-0.3, -0.25) is 4.98 Å². The molecule has 0 aliphatic carbocycles. The number of aromatic nitrogens is 2. The Bertz CT molecular complexity index is 844. The molecular weight excluding hydrogens is 316 g/mol. The van der Waals surface area contributed by atoms with Crippen LogP contribution in [0.5, 0.6) is 0 Å². The molecule has 2 N–H and O–H groups in total. The van der Waals surface area contributed by atoms with Gasteiger partial charge in [-0.2, -0.15) is 0 Å². The van der Waals surface area contributed by atoms with Gasteiger partial charge in [0.1, 0.15) is 6.04 Å². The predicted octanol–water partition coefficient (Wildman–Crippen LogP) is 3.90. The summed E-state index contributed by atoms with van der Waals surface area (Å²) in [7, 11) is 0. The first-order chi connectivity index (χ1) is 11.7. The number of nitrogens with zero attached hydrogens (tertiary/aromatic N) is 2. The van der Waals surface area contributed by atoms with Gasteiger partial charge in [0.25, 0.3) is 0 Å². The van der Waals surface area contributed by atoms with Gasteiger partial charge in [-0.15, -0.1) is 0 Å². The molecule has 24 heavy (non-hydrogen) atoms. The summed E-state index contributed by atoms with van der Waals surface area (Å²) in [4.78, 5) is 10.2. The number of nitrogens with one attached hydrogen (secondary N) is 2. The van der Waals surface area contributed by atoms with Crippen molar-refractivity contribution in [3.63, 3.8) is 0 Å². The molecule has 0 radical (unpaired) electrons. The van der Waals surface area contributed by atoms with Gasteiger partial charge < -0.3 is 15.2 Å². The minimum atomic E-state index is -0.00282. The first kappa shape index (κ1) is 14.9. The number of H-pyrrole nitrogens is 1. The molecule has 0 bridgehead atoms. The van der Waals surface area contributed by atoms with E-state index in [0.29, 0.717) is 5.11 Å². The van der Waals surface area contributed by atoms with Crippen LogP contribution in [0.2, 0.25) is 0 Å². The van der Waals surface area contributed by atoms with E-state index in [9.17, 15) is 0 Å². The number of pyridine rings is 1. The summed E-state index contributed by atoms with van der Waals surface area (Å²) in [5.41, 5.74) is 4.32. The van der Waals surface area contributed by atoms with E-state index >= 15 is 0 Å². The first-order valence-electron chi connectivity index (χ1n) is 7.95. The van der Waals surface area contributed by atoms with Crippen molar-refractivity contribution in [2.75, 3.05) is 4.90 Å². The van der Waals surface area contributed by atoms with Crippen molar-refractivity contribution in [1.29, 1.82) is 0 Å². The van der Waals surface area contributed by atoms with Crippen LogP contribution in [-0.2, 0) is 0 Å². The Hall–Kier alpha value is -2.66. The lowest BCUT2D eigenvalue weighted by molar-refractivity contribution is 0.558. The topological polar surface area (TPSA) is 44.0 Å². The van der Waals surface area contributed by atoms with Crippen molar-refractivity contribution in [1.82, 2.24) is 15.3 Å². The van der Waals surface area contributed by atoms with Crippen molar-refractivity contribution in [2.24, 2.45) is 0 Å². The van der Waals surface area contributed by atoms with E-state index in [1.807, 2.05) is 42.6 Å². The lowest BCUT2D eigenvalue weighted by Gasteiger charge is -2.27. The summed E-state index contributed by atoms with van der Waals surface area (Å²) in [6, 6.07) is 20.5. The zero-order valence-corrected chi connectivity index (χ0v) is 14.1. The average Bonchev–Trinajstić information content (AvgIpc) is 3.19. The van der Waals surface area contributed by atoms with Crippen molar-refractivity contribution in [2.45, 2.75) is 19.0 Å². The molecule has 1 aliphatic heterocycles. The Balaban J connectivity index is 1.82. The smallest absolute Gasteiger partial charge is 0.174 e. The largest absolute Gasteiger partial charge is 0.361 e. The molecule has 120 valence electrons. The van der Waals surface area contributed by atoms with Crippen LogP contribution in [0.25, 0.3) is 0 Å². The summed E-state index contributed by atoms with van der Waals surface area (Å²) in [6.07, 6.45) is 1.82. The number of hydrogen-bond acceptors (Lipinski definition) is 2. The van der Waals surface area contributed by atoms with Crippen molar-refractivity contribution >= 4 is 23.0 Å². The van der Waals surface area contributed by atoms with Crippen LogP contribution in [0.15, 0.2) is 66.9 Å². The van der Waals surface area contributed by atoms with Gasteiger partial charge in [0.2, 0.25) is 0 Å². The molecule has 2 atom stereocenters. The van der Waals surface area contributed by atoms with Crippen LogP contribution in [0, 0.1) is 6.92 Å². The van der Waals surface area contributed by atoms with Crippen LogP contribution in [0.4, 0.5) is 5.69 Å². The van der Waals surface area contributed by atoms with E-state index in [1.54, 1.807) is 0 Å². The highest BCUT2D eigenvalue weighted by Crippen LogP contribution is 2.40. The van der Waals surface area contributed by atoms with E-state index in [-0.39, 0.29) is 12.1 Å². The molecule has 1 aromatic carbocycles. The van der Waals surface area contributed by atoms with Crippen molar-refractivity contribution < 1.29 is 0 Å². The summed E-state index contributed by atoms with van der Waals surface area (Å²) in [5.74, 6) is 0. The normalized spacial score (nSPS) is 20.2. The Kier molecular flexibility index (Phi) is 3.78. The highest BCUT2D eigenvalue weighted by molar-refractivity contribution is 7.80. The van der Waals surface area contributed by atoms with Crippen molar-refractivity contribution in [3.05, 3.63) is 83.9 Å². The second-order valence-corrected chi connectivity index (χ2v) is 6.32. The number of para-hydroxylation sites is 1. The summed E-state index contributed by atoms with van der Waals surface area (Å²) in [5, 5.41) is 4.17. The third-order valence-electron chi connectivity index (χ3n) is 4.31. The molecule has 1 fully saturated rings. The minimum absolute atomic E-state index is 0.00282. The van der Waals surface area contributed by atoms with E-state index in [4.69, 9.17) is 12.2 Å². The lowest BCUT2D eigenvalue weighted by atomic mass is 10.0. The molecule has 4 rings (SSSR count). The minimum Gasteiger partial charge on any atom is -0.361 e. The molecular formula is C19H18N4S. The second kappa shape index (κ2) is 6.09. The molecule has 4 nitrogen and oxygen atoms in total. The summed E-state index contributed by atoms with van der Waals surface area (Å²) < 4.78 is 0. The zero-order valence-electron chi connectivity index (χ0n) is 13.3. The lowest BCUT2D eigenvalue weighted by Crippen LogP contribution is -2.29. The average molecular weight is 334 g/mol. The van der Waals surface area contributed by atoms with Gasteiger partial charge in [0, 0.05) is 23.3 Å². The third-order valence-corrected chi connectivity index (χ3v) is 4.62. The third kappa shape index (κ3) is 2.57. The number of benzene rings is 1. The fourth-order valence-corrected chi connectivity index (χ4v) is 3.58. The monoisotopic (exact) mass is 334 g/mol. The number of rotatable bonds is 3. The molecule has 0 saturated carbocycles. The number of anilines is 1. The molecule has 3 aromatic rings. The molecule has 0 spiro atoms. The zero-order chi connectivity index (χ0) is 16.5. The van der Waals surface area contributed by atoms with Crippen LogP contribution >= 0.6 is 12.2 Å². The number of aryl methyl sites for hydroxylation is 1. The maximum absolute atomic E-state index is 5.66. The Labute approximate surface area is 146 Å². The number of hydrogen-bond donors (Lipinski definition) is 2. The van der Waals surface area contributed by atoms with Crippen LogP contribution in [0.3, 0.4) is 0 Å². The first-order valence-corrected chi connectivity index (χ1v) is 8.36. The summed E-state index contributed by atoms with van der Waals surface area (Å²) >= 11 is 5.66. The van der Waals surface area contributed by atoms with Gasteiger partial charge in [-0.25, -0.2) is 0 Å². The Morgan fingerprint density at radius 3 is 2.46 bits per heavy atom. The second-order valence-electron chi connectivity index (χ2n) is 5.93. The SMILES string of the molecule is Cc1ccc([C@H]2[C@H](c3ccccn3)NC(=S)N2c2ccccc2)[nH]1. The van der Waals surface area contributed by atoms with Gasteiger partial charge in [0.05, 0.1) is 11.7 Å². The van der Waals surface area contributed by atoms with E-state index in [1.165, 1.54) is 0 Å². The van der Waals surface area contributed by atoms with Gasteiger partial charge >= 0.3 is 0 Å². The molecule has 0 amide bonds.